The number of nitrogens with zero attached hydrogens (tertiary/aromatic N) is 2. The molecule has 4 aromatic rings. The van der Waals surface area contributed by atoms with Gasteiger partial charge in [0.25, 0.3) is 0 Å². The van der Waals surface area contributed by atoms with E-state index in [0.29, 0.717) is 0 Å². The Morgan fingerprint density at radius 1 is 1.00 bits per heavy atom. The maximum Gasteiger partial charge on any atom is 0.160 e. The molecule has 0 saturated heterocycles. The second-order valence-electron chi connectivity index (χ2n) is 5.98. The second kappa shape index (κ2) is 6.92. The van der Waals surface area contributed by atoms with Crippen LogP contribution in [0.4, 0.5) is 5.82 Å². The Morgan fingerprint density at radius 2 is 1.85 bits per heavy atom. The van der Waals surface area contributed by atoms with Gasteiger partial charge in [-0.1, -0.05) is 24.3 Å². The molecule has 0 spiro atoms. The number of fused-ring (bicyclic) bond motifs is 3. The Labute approximate surface area is 151 Å². The van der Waals surface area contributed by atoms with E-state index in [1.165, 1.54) is 0 Å². The number of methoxy groups -OCH3 is 2. The number of rotatable bonds is 6. The van der Waals surface area contributed by atoms with Crippen LogP contribution in [0.25, 0.3) is 21.9 Å². The summed E-state index contributed by atoms with van der Waals surface area (Å²) in [7, 11) is 3.28. The molecule has 26 heavy (non-hydrogen) atoms. The highest BCUT2D eigenvalue weighted by Crippen LogP contribution is 2.28. The zero-order chi connectivity index (χ0) is 17.9. The lowest BCUT2D eigenvalue weighted by atomic mass is 10.1. The molecular formula is C20H20N4O2. The van der Waals surface area contributed by atoms with Crippen LogP contribution < -0.4 is 14.8 Å². The quantitative estimate of drug-likeness (QED) is 0.555. The van der Waals surface area contributed by atoms with Crippen molar-refractivity contribution in [3.63, 3.8) is 0 Å². The molecule has 2 N–H and O–H groups in total. The van der Waals surface area contributed by atoms with Crippen molar-refractivity contribution >= 4 is 27.8 Å². The SMILES string of the molecule is COc1ccc(CCNc2ncnc3c2[nH]c2ccccc23)cc1OC. The van der Waals surface area contributed by atoms with Crippen LogP contribution in [0.1, 0.15) is 5.56 Å². The van der Waals surface area contributed by atoms with Crippen molar-refractivity contribution in [2.45, 2.75) is 6.42 Å². The molecule has 0 saturated carbocycles. The van der Waals surface area contributed by atoms with Gasteiger partial charge >= 0.3 is 0 Å². The summed E-state index contributed by atoms with van der Waals surface area (Å²) in [4.78, 5) is 12.2. The van der Waals surface area contributed by atoms with Crippen molar-refractivity contribution in [3.8, 4) is 11.5 Å². The van der Waals surface area contributed by atoms with Gasteiger partial charge in [-0.3, -0.25) is 0 Å². The van der Waals surface area contributed by atoms with Crippen molar-refractivity contribution in [1.29, 1.82) is 0 Å². The number of anilines is 1. The predicted octanol–water partition coefficient (Wildman–Crippen LogP) is 3.78. The number of hydrogen-bond acceptors (Lipinski definition) is 5. The van der Waals surface area contributed by atoms with Crippen LogP contribution in [0.3, 0.4) is 0 Å². The lowest BCUT2D eigenvalue weighted by molar-refractivity contribution is 0.354. The fourth-order valence-electron chi connectivity index (χ4n) is 3.14. The van der Waals surface area contributed by atoms with Crippen LogP contribution in [0.5, 0.6) is 11.5 Å². The molecule has 0 aliphatic heterocycles. The van der Waals surface area contributed by atoms with Crippen LogP contribution in [0.15, 0.2) is 48.8 Å². The Kier molecular flexibility index (Phi) is 4.31. The summed E-state index contributed by atoms with van der Waals surface area (Å²) >= 11 is 0. The third kappa shape index (κ3) is 2.90. The molecule has 0 atom stereocenters. The van der Waals surface area contributed by atoms with Crippen LogP contribution in [-0.4, -0.2) is 35.7 Å². The van der Waals surface area contributed by atoms with Gasteiger partial charge in [0.05, 0.1) is 14.2 Å². The van der Waals surface area contributed by atoms with Crippen LogP contribution in [0, 0.1) is 0 Å². The molecule has 0 aliphatic carbocycles. The van der Waals surface area contributed by atoms with E-state index in [1.807, 2.05) is 36.4 Å². The smallest absolute Gasteiger partial charge is 0.160 e. The first-order valence-corrected chi connectivity index (χ1v) is 8.46. The first-order chi connectivity index (χ1) is 12.8. The molecule has 2 aromatic heterocycles. The molecule has 0 amide bonds. The van der Waals surface area contributed by atoms with Crippen LogP contribution >= 0.6 is 0 Å². The van der Waals surface area contributed by atoms with Gasteiger partial charge in [-0.15, -0.1) is 0 Å². The molecule has 0 radical (unpaired) electrons. The zero-order valence-corrected chi connectivity index (χ0v) is 14.7. The molecule has 4 rings (SSSR count). The average molecular weight is 348 g/mol. The summed E-state index contributed by atoms with van der Waals surface area (Å²) < 4.78 is 10.6. The third-order valence-electron chi connectivity index (χ3n) is 4.44. The first-order valence-electron chi connectivity index (χ1n) is 8.46. The molecule has 6 nitrogen and oxygen atoms in total. The minimum Gasteiger partial charge on any atom is -0.493 e. The Morgan fingerprint density at radius 3 is 2.69 bits per heavy atom. The number of ether oxygens (including phenoxy) is 2. The van der Waals surface area contributed by atoms with Crippen molar-refractivity contribution in [2.75, 3.05) is 26.1 Å². The summed E-state index contributed by atoms with van der Waals surface area (Å²) in [6.07, 6.45) is 2.44. The summed E-state index contributed by atoms with van der Waals surface area (Å²) in [5.41, 5.74) is 4.09. The summed E-state index contributed by atoms with van der Waals surface area (Å²) in [5, 5.41) is 4.51. The Bertz CT molecular complexity index is 1060. The standard InChI is InChI=1S/C20H20N4O2/c1-25-16-8-7-13(11-17(16)26-2)9-10-21-20-19-18(22-12-23-20)14-5-3-4-6-15(14)24-19/h3-8,11-12,24H,9-10H2,1-2H3,(H,21,22,23). The number of benzene rings is 2. The number of aromatic nitrogens is 3. The normalized spacial score (nSPS) is 11.0. The average Bonchev–Trinajstić information content (AvgIpc) is 3.07. The van der Waals surface area contributed by atoms with Gasteiger partial charge in [-0.2, -0.15) is 0 Å². The molecule has 2 heterocycles. The molecular weight excluding hydrogens is 328 g/mol. The van der Waals surface area contributed by atoms with Gasteiger partial charge < -0.3 is 19.8 Å². The van der Waals surface area contributed by atoms with Crippen molar-refractivity contribution in [1.82, 2.24) is 15.0 Å². The number of nitrogens with one attached hydrogen (secondary N) is 2. The fourth-order valence-corrected chi connectivity index (χ4v) is 3.14. The van der Waals surface area contributed by atoms with E-state index in [9.17, 15) is 0 Å². The van der Waals surface area contributed by atoms with Gasteiger partial charge in [0, 0.05) is 17.4 Å². The molecule has 0 aliphatic rings. The van der Waals surface area contributed by atoms with Gasteiger partial charge in [-0.25, -0.2) is 9.97 Å². The largest absolute Gasteiger partial charge is 0.493 e. The molecule has 0 bridgehead atoms. The number of aromatic amines is 1. The number of hydrogen-bond donors (Lipinski definition) is 2. The van der Waals surface area contributed by atoms with Crippen LogP contribution in [-0.2, 0) is 6.42 Å². The van der Waals surface area contributed by atoms with E-state index in [0.717, 1.165) is 57.8 Å². The lowest BCUT2D eigenvalue weighted by Gasteiger charge is -2.10. The topological polar surface area (TPSA) is 72.1 Å². The molecule has 6 heteroatoms. The lowest BCUT2D eigenvalue weighted by Crippen LogP contribution is -2.07. The fraction of sp³-hybridized carbons (Fsp3) is 0.200. The van der Waals surface area contributed by atoms with E-state index in [1.54, 1.807) is 20.5 Å². The minimum atomic E-state index is 0.736. The Balaban J connectivity index is 1.53. The second-order valence-corrected chi connectivity index (χ2v) is 5.98. The predicted molar refractivity (Wildman–Crippen MR) is 103 cm³/mol. The zero-order valence-electron chi connectivity index (χ0n) is 14.7. The van der Waals surface area contributed by atoms with Gasteiger partial charge in [-0.05, 0) is 30.2 Å². The molecule has 0 unspecified atom stereocenters. The minimum absolute atomic E-state index is 0.736. The van der Waals surface area contributed by atoms with Crippen molar-refractivity contribution in [3.05, 3.63) is 54.4 Å². The highest BCUT2D eigenvalue weighted by Gasteiger charge is 2.10. The van der Waals surface area contributed by atoms with Gasteiger partial charge in [0.15, 0.2) is 17.3 Å². The monoisotopic (exact) mass is 348 g/mol. The first kappa shape index (κ1) is 16.2. The highest BCUT2D eigenvalue weighted by atomic mass is 16.5. The third-order valence-corrected chi connectivity index (χ3v) is 4.44. The Hall–Kier alpha value is -3.28. The van der Waals surface area contributed by atoms with E-state index < -0.39 is 0 Å². The summed E-state index contributed by atoms with van der Waals surface area (Å²) in [5.74, 6) is 2.29. The summed E-state index contributed by atoms with van der Waals surface area (Å²) in [6.45, 7) is 0.747. The van der Waals surface area contributed by atoms with Gasteiger partial charge in [0.2, 0.25) is 0 Å². The number of H-pyrrole nitrogens is 1. The molecule has 132 valence electrons. The molecule has 2 aromatic carbocycles. The summed E-state index contributed by atoms with van der Waals surface area (Å²) in [6, 6.07) is 14.1. The van der Waals surface area contributed by atoms with Gasteiger partial charge in [0.1, 0.15) is 17.4 Å². The van der Waals surface area contributed by atoms with Crippen molar-refractivity contribution in [2.24, 2.45) is 0 Å². The molecule has 0 fully saturated rings. The maximum atomic E-state index is 5.36. The van der Waals surface area contributed by atoms with Crippen LogP contribution in [0.2, 0.25) is 0 Å². The van der Waals surface area contributed by atoms with E-state index in [-0.39, 0.29) is 0 Å². The van der Waals surface area contributed by atoms with Crippen molar-refractivity contribution < 1.29 is 9.47 Å². The number of para-hydroxylation sites is 1. The van der Waals surface area contributed by atoms with E-state index >= 15 is 0 Å². The highest BCUT2D eigenvalue weighted by molar-refractivity contribution is 6.07. The maximum absolute atomic E-state index is 5.36. The van der Waals surface area contributed by atoms with E-state index in [2.05, 4.69) is 26.3 Å². The van der Waals surface area contributed by atoms with E-state index in [4.69, 9.17) is 9.47 Å².